The Morgan fingerprint density at radius 1 is 1.04 bits per heavy atom. The van der Waals surface area contributed by atoms with Gasteiger partial charge < -0.3 is 4.74 Å². The molecule has 0 N–H and O–H groups in total. The summed E-state index contributed by atoms with van der Waals surface area (Å²) in [5.74, 6) is -3.40. The summed E-state index contributed by atoms with van der Waals surface area (Å²) in [7, 11) is 0. The predicted octanol–water partition coefficient (Wildman–Crippen LogP) is 5.24. The smallest absolute Gasteiger partial charge is 0.286 e. The van der Waals surface area contributed by atoms with Crippen LogP contribution in [0.1, 0.15) is 12.6 Å². The van der Waals surface area contributed by atoms with Crippen LogP contribution in [0.25, 0.3) is 11.1 Å². The molecule has 3 heterocycles. The van der Waals surface area contributed by atoms with Crippen LogP contribution < -0.4 is 4.74 Å². The third-order valence-electron chi connectivity index (χ3n) is 3.30. The molecule has 128 valence electrons. The van der Waals surface area contributed by atoms with Crippen LogP contribution >= 0.6 is 11.6 Å². The van der Waals surface area contributed by atoms with Crippen molar-refractivity contribution in [2.75, 3.05) is 0 Å². The molecule has 0 radical (unpaired) electrons. The molecule has 25 heavy (non-hydrogen) atoms. The lowest BCUT2D eigenvalue weighted by atomic mass is 10.1. The quantitative estimate of drug-likeness (QED) is 0.634. The van der Waals surface area contributed by atoms with Gasteiger partial charge in [-0.3, -0.25) is 9.97 Å². The van der Waals surface area contributed by atoms with Gasteiger partial charge in [0.2, 0.25) is 5.88 Å². The van der Waals surface area contributed by atoms with Crippen molar-refractivity contribution >= 4 is 11.6 Å². The van der Waals surface area contributed by atoms with E-state index in [1.807, 2.05) is 0 Å². The van der Waals surface area contributed by atoms with Crippen molar-refractivity contribution < 1.29 is 17.9 Å². The molecular weight excluding hydrogens is 355 g/mol. The van der Waals surface area contributed by atoms with Crippen LogP contribution in [0.3, 0.4) is 0 Å². The largest absolute Gasteiger partial charge is 0.437 e. The van der Waals surface area contributed by atoms with E-state index in [4.69, 9.17) is 16.3 Å². The summed E-state index contributed by atoms with van der Waals surface area (Å²) in [5.41, 5.74) is 0.331. The van der Waals surface area contributed by atoms with E-state index >= 15 is 0 Å². The van der Waals surface area contributed by atoms with E-state index in [-0.39, 0.29) is 22.3 Å². The second-order valence-corrected chi connectivity index (χ2v) is 5.59. The number of rotatable bonds is 4. The molecule has 3 rings (SSSR count). The van der Waals surface area contributed by atoms with E-state index in [1.54, 1.807) is 12.1 Å². The third kappa shape index (κ3) is 3.71. The molecular formula is C17H11ClF3N3O. The maximum absolute atomic E-state index is 13.6. The molecule has 0 atom stereocenters. The monoisotopic (exact) mass is 365 g/mol. The first-order chi connectivity index (χ1) is 11.9. The Bertz CT molecular complexity index is 898. The van der Waals surface area contributed by atoms with Gasteiger partial charge in [0.25, 0.3) is 5.92 Å². The van der Waals surface area contributed by atoms with Gasteiger partial charge >= 0.3 is 0 Å². The van der Waals surface area contributed by atoms with E-state index in [9.17, 15) is 13.2 Å². The fourth-order valence-corrected chi connectivity index (χ4v) is 2.30. The molecule has 0 saturated heterocycles. The minimum absolute atomic E-state index is 0.119. The first-order valence-corrected chi connectivity index (χ1v) is 7.50. The molecule has 0 saturated carbocycles. The normalized spacial score (nSPS) is 11.4. The van der Waals surface area contributed by atoms with E-state index in [0.29, 0.717) is 11.1 Å². The summed E-state index contributed by atoms with van der Waals surface area (Å²) in [6.07, 6.45) is 5.02. The number of halogens is 4. The Morgan fingerprint density at radius 3 is 2.52 bits per heavy atom. The van der Waals surface area contributed by atoms with E-state index in [1.165, 1.54) is 18.5 Å². The third-order valence-corrected chi connectivity index (χ3v) is 3.68. The number of hydrogen-bond acceptors (Lipinski definition) is 4. The molecule has 0 bridgehead atoms. The number of hydrogen-bond donors (Lipinski definition) is 0. The maximum atomic E-state index is 13.6. The molecule has 0 aromatic carbocycles. The fraction of sp³-hybridized carbons (Fsp3) is 0.118. The Kier molecular flexibility index (Phi) is 4.59. The Balaban J connectivity index is 1.96. The van der Waals surface area contributed by atoms with Crippen molar-refractivity contribution in [2.24, 2.45) is 0 Å². The highest BCUT2D eigenvalue weighted by Crippen LogP contribution is 2.36. The predicted molar refractivity (Wildman–Crippen MR) is 86.3 cm³/mol. The second-order valence-electron chi connectivity index (χ2n) is 5.21. The van der Waals surface area contributed by atoms with Crippen molar-refractivity contribution in [1.82, 2.24) is 15.0 Å². The maximum Gasteiger partial charge on any atom is 0.286 e. The highest BCUT2D eigenvalue weighted by atomic mass is 35.5. The van der Waals surface area contributed by atoms with Crippen molar-refractivity contribution in [3.63, 3.8) is 0 Å². The van der Waals surface area contributed by atoms with Crippen molar-refractivity contribution in [3.8, 4) is 22.8 Å². The molecule has 4 nitrogen and oxygen atoms in total. The van der Waals surface area contributed by atoms with Crippen LogP contribution in [-0.4, -0.2) is 15.0 Å². The van der Waals surface area contributed by atoms with Crippen LogP contribution in [-0.2, 0) is 5.92 Å². The summed E-state index contributed by atoms with van der Waals surface area (Å²) in [5, 5.41) is -0.119. The van der Waals surface area contributed by atoms with Crippen LogP contribution in [0.5, 0.6) is 11.6 Å². The molecule has 0 fully saturated rings. The van der Waals surface area contributed by atoms with E-state index in [2.05, 4.69) is 15.0 Å². The number of alkyl halides is 2. The van der Waals surface area contributed by atoms with Gasteiger partial charge in [-0.15, -0.1) is 0 Å². The molecule has 0 spiro atoms. The molecule has 0 aliphatic carbocycles. The van der Waals surface area contributed by atoms with Crippen LogP contribution in [0, 0.1) is 5.82 Å². The van der Waals surface area contributed by atoms with Gasteiger partial charge in [-0.1, -0.05) is 11.6 Å². The average Bonchev–Trinajstić information content (AvgIpc) is 2.58. The first kappa shape index (κ1) is 17.2. The zero-order valence-electron chi connectivity index (χ0n) is 12.9. The molecule has 0 amide bonds. The van der Waals surface area contributed by atoms with Crippen LogP contribution in [0.4, 0.5) is 13.2 Å². The van der Waals surface area contributed by atoms with Gasteiger partial charge in [0.1, 0.15) is 11.4 Å². The number of ether oxygens (including phenoxy) is 1. The summed E-state index contributed by atoms with van der Waals surface area (Å²) < 4.78 is 45.7. The zero-order valence-corrected chi connectivity index (χ0v) is 13.6. The minimum atomic E-state index is -3.05. The lowest BCUT2D eigenvalue weighted by Crippen LogP contribution is -2.09. The van der Waals surface area contributed by atoms with Gasteiger partial charge in [0.15, 0.2) is 5.82 Å². The fourth-order valence-electron chi connectivity index (χ4n) is 2.10. The SMILES string of the molecule is CC(F)(F)c1ccc(Oc2ncccc2-c2cncc(F)c2Cl)cn1. The van der Waals surface area contributed by atoms with Crippen LogP contribution in [0.15, 0.2) is 49.1 Å². The highest BCUT2D eigenvalue weighted by molar-refractivity contribution is 6.33. The molecule has 0 aliphatic rings. The zero-order chi connectivity index (χ0) is 18.0. The van der Waals surface area contributed by atoms with Crippen LogP contribution in [0.2, 0.25) is 5.02 Å². The highest BCUT2D eigenvalue weighted by Gasteiger charge is 2.26. The molecule has 3 aromatic rings. The van der Waals surface area contributed by atoms with Crippen molar-refractivity contribution in [3.05, 3.63) is 65.6 Å². The number of nitrogens with zero attached hydrogens (tertiary/aromatic N) is 3. The van der Waals surface area contributed by atoms with Gasteiger partial charge in [0.05, 0.1) is 17.4 Å². The first-order valence-electron chi connectivity index (χ1n) is 7.13. The molecule has 3 aromatic heterocycles. The molecule has 0 unspecified atom stereocenters. The molecule has 0 aliphatic heterocycles. The summed E-state index contributed by atoms with van der Waals surface area (Å²) >= 11 is 5.98. The lowest BCUT2D eigenvalue weighted by Gasteiger charge is -2.12. The second kappa shape index (κ2) is 6.68. The Morgan fingerprint density at radius 2 is 1.84 bits per heavy atom. The van der Waals surface area contributed by atoms with Gasteiger partial charge in [-0.25, -0.2) is 9.37 Å². The Labute approximate surface area is 146 Å². The topological polar surface area (TPSA) is 47.9 Å². The van der Waals surface area contributed by atoms with Gasteiger partial charge in [0, 0.05) is 30.4 Å². The molecule has 8 heteroatoms. The lowest BCUT2D eigenvalue weighted by molar-refractivity contribution is 0.0127. The summed E-state index contributed by atoms with van der Waals surface area (Å²) in [4.78, 5) is 11.5. The minimum Gasteiger partial charge on any atom is -0.437 e. The van der Waals surface area contributed by atoms with Crippen molar-refractivity contribution in [2.45, 2.75) is 12.8 Å². The van der Waals surface area contributed by atoms with E-state index in [0.717, 1.165) is 25.4 Å². The summed E-state index contributed by atoms with van der Waals surface area (Å²) in [6.45, 7) is 0.756. The van der Waals surface area contributed by atoms with E-state index < -0.39 is 11.7 Å². The average molecular weight is 366 g/mol. The summed E-state index contributed by atoms with van der Waals surface area (Å²) in [6, 6.07) is 5.77. The number of pyridine rings is 3. The van der Waals surface area contributed by atoms with Gasteiger partial charge in [-0.2, -0.15) is 8.78 Å². The van der Waals surface area contributed by atoms with Crippen molar-refractivity contribution in [1.29, 1.82) is 0 Å². The number of aromatic nitrogens is 3. The Hall–Kier alpha value is -2.67. The van der Waals surface area contributed by atoms with Gasteiger partial charge in [-0.05, 0) is 24.3 Å². The standard InChI is InChI=1S/C17H11ClF3N3O/c1-17(20,21)14-5-4-10(7-24-14)25-16-11(3-2-6-23-16)12-8-22-9-13(19)15(12)18/h2-9H,1H3.